The number of hydrogen-bond donors (Lipinski definition) is 3. The third-order valence-electron chi connectivity index (χ3n) is 2.68. The first kappa shape index (κ1) is 15.1. The van der Waals surface area contributed by atoms with Gasteiger partial charge in [-0.1, -0.05) is 13.0 Å². The topological polar surface area (TPSA) is 78.4 Å². The van der Waals surface area contributed by atoms with Gasteiger partial charge in [0.25, 0.3) is 0 Å². The van der Waals surface area contributed by atoms with Crippen LogP contribution in [0.3, 0.4) is 0 Å². The molecule has 0 fully saturated rings. The number of amides is 2. The molecule has 0 aromatic heterocycles. The second-order valence-electron chi connectivity index (χ2n) is 4.50. The summed E-state index contributed by atoms with van der Waals surface area (Å²) in [7, 11) is 0. The van der Waals surface area contributed by atoms with E-state index < -0.39 is 23.2 Å². The van der Waals surface area contributed by atoms with Crippen LogP contribution in [-0.2, 0) is 9.59 Å². The number of carbonyl (C=O) groups excluding carboxylic acids is 2. The Balaban J connectivity index is 2.52. The predicted octanol–water partition coefficient (Wildman–Crippen LogP) is 1.04. The molecule has 0 saturated heterocycles. The summed E-state index contributed by atoms with van der Waals surface area (Å²) in [5, 5.41) is 14.3. The summed E-state index contributed by atoms with van der Waals surface area (Å²) in [5.41, 5.74) is -0.864. The van der Waals surface area contributed by atoms with Crippen LogP contribution < -0.4 is 10.6 Å². The molecular weight excluding hydrogens is 251 g/mol. The van der Waals surface area contributed by atoms with Gasteiger partial charge in [-0.2, -0.15) is 0 Å². The molecule has 6 heteroatoms. The normalized spacial score (nSPS) is 13.5. The van der Waals surface area contributed by atoms with Crippen LogP contribution >= 0.6 is 0 Å². The molecule has 1 rings (SSSR count). The van der Waals surface area contributed by atoms with E-state index in [1.807, 2.05) is 0 Å². The van der Waals surface area contributed by atoms with Crippen molar-refractivity contribution in [3.8, 4) is 0 Å². The number of aliphatic hydroxyl groups is 1. The zero-order chi connectivity index (χ0) is 14.5. The minimum absolute atomic E-state index is 0.0289. The molecule has 3 N–H and O–H groups in total. The van der Waals surface area contributed by atoms with Crippen LogP contribution in [0, 0.1) is 5.82 Å². The lowest BCUT2D eigenvalue weighted by Crippen LogP contribution is -2.44. The number of anilines is 1. The van der Waals surface area contributed by atoms with E-state index >= 15 is 0 Å². The van der Waals surface area contributed by atoms with Crippen molar-refractivity contribution in [1.29, 1.82) is 0 Å². The molecule has 1 aromatic rings. The van der Waals surface area contributed by atoms with Gasteiger partial charge in [0, 0.05) is 12.2 Å². The van der Waals surface area contributed by atoms with E-state index in [0.29, 0.717) is 6.42 Å². The van der Waals surface area contributed by atoms with Crippen molar-refractivity contribution >= 4 is 17.5 Å². The smallest absolute Gasteiger partial charge is 0.313 e. The number of nitrogens with one attached hydrogen (secondary N) is 2. The molecule has 0 unspecified atom stereocenters. The summed E-state index contributed by atoms with van der Waals surface area (Å²) < 4.78 is 12.9. The molecule has 0 aliphatic carbocycles. The van der Waals surface area contributed by atoms with Gasteiger partial charge in [-0.25, -0.2) is 4.39 Å². The van der Waals surface area contributed by atoms with E-state index in [9.17, 15) is 19.1 Å². The first-order valence-corrected chi connectivity index (χ1v) is 5.91. The first-order valence-electron chi connectivity index (χ1n) is 5.91. The molecule has 19 heavy (non-hydrogen) atoms. The molecule has 0 bridgehead atoms. The molecule has 104 valence electrons. The predicted molar refractivity (Wildman–Crippen MR) is 69.0 cm³/mol. The van der Waals surface area contributed by atoms with Gasteiger partial charge in [0.1, 0.15) is 5.82 Å². The molecule has 0 spiro atoms. The van der Waals surface area contributed by atoms with Gasteiger partial charge >= 0.3 is 11.8 Å². The molecular formula is C13H17FN2O3. The van der Waals surface area contributed by atoms with Crippen molar-refractivity contribution in [3.63, 3.8) is 0 Å². The fraction of sp³-hybridized carbons (Fsp3) is 0.385. The highest BCUT2D eigenvalue weighted by Gasteiger charge is 2.21. The average molecular weight is 268 g/mol. The van der Waals surface area contributed by atoms with Crippen LogP contribution in [0.1, 0.15) is 20.3 Å². The molecule has 0 aliphatic rings. The quantitative estimate of drug-likeness (QED) is 0.714. The van der Waals surface area contributed by atoms with E-state index in [1.54, 1.807) is 13.8 Å². The SMILES string of the molecule is CC[C@](C)(O)CNC(=O)C(=O)Nc1cccc(F)c1. The van der Waals surface area contributed by atoms with Crippen LogP contribution in [0.15, 0.2) is 24.3 Å². The van der Waals surface area contributed by atoms with Gasteiger partial charge in [-0.3, -0.25) is 9.59 Å². The van der Waals surface area contributed by atoms with Crippen LogP contribution in [0.2, 0.25) is 0 Å². The molecule has 1 atom stereocenters. The zero-order valence-electron chi connectivity index (χ0n) is 10.9. The Morgan fingerprint density at radius 2 is 2.05 bits per heavy atom. The van der Waals surface area contributed by atoms with Crippen molar-refractivity contribution < 1.29 is 19.1 Å². The lowest BCUT2D eigenvalue weighted by Gasteiger charge is -2.21. The van der Waals surface area contributed by atoms with Crippen LogP contribution in [0.5, 0.6) is 0 Å². The number of rotatable bonds is 4. The maximum Gasteiger partial charge on any atom is 0.313 e. The van der Waals surface area contributed by atoms with E-state index in [0.717, 1.165) is 6.07 Å². The van der Waals surface area contributed by atoms with Crippen molar-refractivity contribution in [2.24, 2.45) is 0 Å². The third kappa shape index (κ3) is 5.05. The number of halogens is 1. The van der Waals surface area contributed by atoms with Gasteiger partial charge in [-0.05, 0) is 31.5 Å². The summed E-state index contributed by atoms with van der Waals surface area (Å²) in [6.45, 7) is 3.29. The Morgan fingerprint density at radius 3 is 2.63 bits per heavy atom. The summed E-state index contributed by atoms with van der Waals surface area (Å²) in [6, 6.07) is 5.22. The molecule has 0 saturated carbocycles. The van der Waals surface area contributed by atoms with Gasteiger partial charge in [0.05, 0.1) is 5.60 Å². The van der Waals surface area contributed by atoms with Gasteiger partial charge in [0.15, 0.2) is 0 Å². The minimum Gasteiger partial charge on any atom is -0.388 e. The van der Waals surface area contributed by atoms with Gasteiger partial charge < -0.3 is 15.7 Å². The highest BCUT2D eigenvalue weighted by atomic mass is 19.1. The monoisotopic (exact) mass is 268 g/mol. The van der Waals surface area contributed by atoms with Crippen LogP contribution in [-0.4, -0.2) is 29.1 Å². The molecule has 5 nitrogen and oxygen atoms in total. The second kappa shape index (κ2) is 6.29. The van der Waals surface area contributed by atoms with Crippen molar-refractivity contribution in [2.75, 3.05) is 11.9 Å². The van der Waals surface area contributed by atoms with E-state index in [-0.39, 0.29) is 12.2 Å². The zero-order valence-corrected chi connectivity index (χ0v) is 10.9. The fourth-order valence-electron chi connectivity index (χ4n) is 1.23. The van der Waals surface area contributed by atoms with Gasteiger partial charge in [-0.15, -0.1) is 0 Å². The van der Waals surface area contributed by atoms with Crippen molar-refractivity contribution in [3.05, 3.63) is 30.1 Å². The average Bonchev–Trinajstić information content (AvgIpc) is 2.36. The van der Waals surface area contributed by atoms with Crippen molar-refractivity contribution in [2.45, 2.75) is 25.9 Å². The molecule has 1 aromatic carbocycles. The lowest BCUT2D eigenvalue weighted by molar-refractivity contribution is -0.136. The lowest BCUT2D eigenvalue weighted by atomic mass is 10.0. The molecule has 0 aliphatic heterocycles. The van der Waals surface area contributed by atoms with E-state index in [1.165, 1.54) is 18.2 Å². The van der Waals surface area contributed by atoms with Gasteiger partial charge in [0.2, 0.25) is 0 Å². The highest BCUT2D eigenvalue weighted by Crippen LogP contribution is 2.09. The maximum absolute atomic E-state index is 12.9. The number of benzene rings is 1. The number of hydrogen-bond acceptors (Lipinski definition) is 3. The standard InChI is InChI=1S/C13H17FN2O3/c1-3-13(2,19)8-15-11(17)12(18)16-10-6-4-5-9(14)7-10/h4-7,19H,3,8H2,1-2H3,(H,15,17)(H,16,18)/t13-/m0/s1. The second-order valence-corrected chi connectivity index (χ2v) is 4.50. The Labute approximate surface area is 110 Å². The Hall–Kier alpha value is -1.95. The maximum atomic E-state index is 12.9. The Bertz CT molecular complexity index is 475. The molecule has 0 radical (unpaired) electrons. The minimum atomic E-state index is -1.06. The van der Waals surface area contributed by atoms with E-state index in [4.69, 9.17) is 0 Å². The third-order valence-corrected chi connectivity index (χ3v) is 2.68. The van der Waals surface area contributed by atoms with Crippen LogP contribution in [0.4, 0.5) is 10.1 Å². The van der Waals surface area contributed by atoms with E-state index in [2.05, 4.69) is 10.6 Å². The largest absolute Gasteiger partial charge is 0.388 e. The number of carbonyl (C=O) groups is 2. The Kier molecular flexibility index (Phi) is 5.00. The first-order chi connectivity index (χ1) is 8.84. The summed E-state index contributed by atoms with van der Waals surface area (Å²) >= 11 is 0. The van der Waals surface area contributed by atoms with Crippen molar-refractivity contribution in [1.82, 2.24) is 5.32 Å². The van der Waals surface area contributed by atoms with Crippen LogP contribution in [0.25, 0.3) is 0 Å². The molecule has 2 amide bonds. The summed E-state index contributed by atoms with van der Waals surface area (Å²) in [5.74, 6) is -2.29. The summed E-state index contributed by atoms with van der Waals surface area (Å²) in [6.07, 6.45) is 0.443. The Morgan fingerprint density at radius 1 is 1.37 bits per heavy atom. The summed E-state index contributed by atoms with van der Waals surface area (Å²) in [4.78, 5) is 23.0. The highest BCUT2D eigenvalue weighted by molar-refractivity contribution is 6.39. The fourth-order valence-corrected chi connectivity index (χ4v) is 1.23. The molecule has 0 heterocycles.